The van der Waals surface area contributed by atoms with Gasteiger partial charge in [-0.3, -0.25) is 5.01 Å². The zero-order valence-electron chi connectivity index (χ0n) is 10.2. The van der Waals surface area contributed by atoms with Gasteiger partial charge in [-0.15, -0.1) is 0 Å². The number of nitrogens with zero attached hydrogens (tertiary/aromatic N) is 4. The molecule has 17 heavy (non-hydrogen) atoms. The van der Waals surface area contributed by atoms with Gasteiger partial charge in [0.1, 0.15) is 11.8 Å². The van der Waals surface area contributed by atoms with Crippen molar-refractivity contribution in [3.05, 3.63) is 23.0 Å². The van der Waals surface area contributed by atoms with Gasteiger partial charge in [-0.25, -0.2) is 0 Å². The van der Waals surface area contributed by atoms with Crippen molar-refractivity contribution in [2.24, 2.45) is 12.1 Å². The smallest absolute Gasteiger partial charge is 0.120 e. The van der Waals surface area contributed by atoms with Crippen molar-refractivity contribution in [3.8, 4) is 6.07 Å². The monoisotopic (exact) mass is 232 g/mol. The lowest BCUT2D eigenvalue weighted by molar-refractivity contribution is 0.0397. The van der Waals surface area contributed by atoms with Crippen LogP contribution in [-0.4, -0.2) is 42.1 Å². The summed E-state index contributed by atoms with van der Waals surface area (Å²) < 4.78 is 7.13. The maximum atomic E-state index is 8.93. The van der Waals surface area contributed by atoms with E-state index in [1.165, 1.54) is 0 Å². The first kappa shape index (κ1) is 11.7. The Labute approximate surface area is 101 Å². The van der Waals surface area contributed by atoms with Crippen molar-refractivity contribution < 1.29 is 4.74 Å². The van der Waals surface area contributed by atoms with Crippen LogP contribution < -0.4 is 0 Å². The van der Waals surface area contributed by atoms with Gasteiger partial charge >= 0.3 is 0 Å². The topological polar surface area (TPSA) is 53.5 Å². The van der Waals surface area contributed by atoms with Gasteiger partial charge in [-0.1, -0.05) is 0 Å². The molecule has 0 atom stereocenters. The lowest BCUT2D eigenvalue weighted by Gasteiger charge is -2.23. The van der Waals surface area contributed by atoms with Crippen LogP contribution in [0.5, 0.6) is 0 Å². The van der Waals surface area contributed by atoms with Crippen LogP contribution in [0.1, 0.15) is 17.0 Å². The van der Waals surface area contributed by atoms with E-state index >= 15 is 0 Å². The summed E-state index contributed by atoms with van der Waals surface area (Å²) in [4.78, 5) is 0. The first-order valence-corrected chi connectivity index (χ1v) is 5.65. The molecule has 5 heteroatoms. The van der Waals surface area contributed by atoms with Crippen molar-refractivity contribution >= 4 is 6.21 Å². The Kier molecular flexibility index (Phi) is 3.45. The quantitative estimate of drug-likeness (QED) is 0.711. The second-order valence-corrected chi connectivity index (χ2v) is 4.05. The van der Waals surface area contributed by atoms with Crippen molar-refractivity contribution in [1.29, 1.82) is 5.26 Å². The minimum absolute atomic E-state index is 0.658. The molecule has 1 aliphatic rings. The van der Waals surface area contributed by atoms with E-state index < -0.39 is 0 Å². The van der Waals surface area contributed by atoms with Crippen molar-refractivity contribution in [1.82, 2.24) is 9.58 Å². The predicted molar refractivity (Wildman–Crippen MR) is 64.9 cm³/mol. The predicted octanol–water partition coefficient (Wildman–Crippen LogP) is 0.871. The van der Waals surface area contributed by atoms with Crippen LogP contribution in [-0.2, 0) is 11.8 Å². The van der Waals surface area contributed by atoms with Gasteiger partial charge in [0.25, 0.3) is 0 Å². The minimum atomic E-state index is 0.658. The number of rotatable bonds is 2. The summed E-state index contributed by atoms with van der Waals surface area (Å²) in [6.45, 7) is 5.10. The van der Waals surface area contributed by atoms with Gasteiger partial charge in [0, 0.05) is 18.3 Å². The average molecular weight is 232 g/mol. The fourth-order valence-electron chi connectivity index (χ4n) is 1.77. The van der Waals surface area contributed by atoms with Crippen LogP contribution >= 0.6 is 0 Å². The van der Waals surface area contributed by atoms with E-state index in [1.54, 1.807) is 0 Å². The van der Waals surface area contributed by atoms with Crippen LogP contribution in [0.4, 0.5) is 0 Å². The lowest BCUT2D eigenvalue weighted by atomic mass is 10.3. The Morgan fingerprint density at radius 3 is 2.76 bits per heavy atom. The molecular weight excluding hydrogens is 216 g/mol. The van der Waals surface area contributed by atoms with Crippen LogP contribution in [0.15, 0.2) is 11.2 Å². The third-order valence-corrected chi connectivity index (χ3v) is 3.04. The maximum absolute atomic E-state index is 8.93. The summed E-state index contributed by atoms with van der Waals surface area (Å²) in [7, 11) is 1.89. The normalized spacial score (nSPS) is 16.4. The maximum Gasteiger partial charge on any atom is 0.120 e. The Hall–Kier alpha value is -1.80. The molecule has 0 bridgehead atoms. The molecule has 0 spiro atoms. The number of hydrogen-bond acceptors (Lipinski definition) is 4. The van der Waals surface area contributed by atoms with E-state index in [2.05, 4.69) is 11.2 Å². The highest BCUT2D eigenvalue weighted by atomic mass is 16.5. The molecule has 5 nitrogen and oxygen atoms in total. The molecular formula is C12H16N4O. The van der Waals surface area contributed by atoms with E-state index in [4.69, 9.17) is 10.00 Å². The van der Waals surface area contributed by atoms with Crippen LogP contribution in [0.25, 0.3) is 0 Å². The molecule has 1 saturated heterocycles. The molecule has 90 valence electrons. The minimum Gasteiger partial charge on any atom is -0.378 e. The van der Waals surface area contributed by atoms with Crippen LogP contribution in [0.3, 0.4) is 0 Å². The molecule has 1 aliphatic heterocycles. The summed E-state index contributed by atoms with van der Waals surface area (Å²) in [5.74, 6) is 0. The fourth-order valence-corrected chi connectivity index (χ4v) is 1.77. The summed E-state index contributed by atoms with van der Waals surface area (Å²) >= 11 is 0. The molecule has 0 amide bonds. The molecule has 2 heterocycles. The highest BCUT2D eigenvalue weighted by molar-refractivity contribution is 5.81. The number of ether oxygens (including phenoxy) is 1. The van der Waals surface area contributed by atoms with E-state index in [0.717, 1.165) is 37.6 Å². The Morgan fingerprint density at radius 2 is 2.18 bits per heavy atom. The van der Waals surface area contributed by atoms with Gasteiger partial charge in [-0.2, -0.15) is 10.4 Å². The first-order chi connectivity index (χ1) is 8.22. The lowest BCUT2D eigenvalue weighted by Crippen LogP contribution is -2.32. The molecule has 1 aromatic rings. The zero-order valence-corrected chi connectivity index (χ0v) is 10.2. The van der Waals surface area contributed by atoms with Crippen LogP contribution in [0, 0.1) is 18.3 Å². The summed E-state index contributed by atoms with van der Waals surface area (Å²) in [5, 5.41) is 15.3. The molecule has 1 aromatic heterocycles. The molecule has 0 radical (unpaired) electrons. The molecule has 0 aliphatic carbocycles. The SMILES string of the molecule is Cc1c(C=NN2CCOCC2)cc(C#N)n1C. The van der Waals surface area contributed by atoms with E-state index in [0.29, 0.717) is 5.69 Å². The highest BCUT2D eigenvalue weighted by Gasteiger charge is 2.09. The second kappa shape index (κ2) is 5.02. The third-order valence-electron chi connectivity index (χ3n) is 3.04. The molecule has 1 fully saturated rings. The number of hydrazone groups is 1. The fraction of sp³-hybridized carbons (Fsp3) is 0.500. The number of morpholine rings is 1. The van der Waals surface area contributed by atoms with E-state index in [1.807, 2.05) is 35.8 Å². The standard InChI is InChI=1S/C12H16N4O/c1-10-11(7-12(8-13)15(10)2)9-14-16-3-5-17-6-4-16/h7,9H,3-6H2,1-2H3. The number of aromatic nitrogens is 1. The largest absolute Gasteiger partial charge is 0.378 e. The highest BCUT2D eigenvalue weighted by Crippen LogP contribution is 2.11. The van der Waals surface area contributed by atoms with Gasteiger partial charge in [0.05, 0.1) is 32.5 Å². The van der Waals surface area contributed by atoms with Crippen molar-refractivity contribution in [2.45, 2.75) is 6.92 Å². The Bertz CT molecular complexity index is 464. The Morgan fingerprint density at radius 1 is 1.47 bits per heavy atom. The molecule has 0 aromatic carbocycles. The van der Waals surface area contributed by atoms with Gasteiger partial charge in [0.15, 0.2) is 0 Å². The summed E-state index contributed by atoms with van der Waals surface area (Å²) in [6, 6.07) is 4.02. The van der Waals surface area contributed by atoms with Gasteiger partial charge in [-0.05, 0) is 13.0 Å². The zero-order chi connectivity index (χ0) is 12.3. The first-order valence-electron chi connectivity index (χ1n) is 5.65. The van der Waals surface area contributed by atoms with Crippen molar-refractivity contribution in [3.63, 3.8) is 0 Å². The molecule has 2 rings (SSSR count). The summed E-state index contributed by atoms with van der Waals surface area (Å²) in [6.07, 6.45) is 1.82. The van der Waals surface area contributed by atoms with E-state index in [9.17, 15) is 0 Å². The summed E-state index contributed by atoms with van der Waals surface area (Å²) in [5.41, 5.74) is 2.71. The molecule has 0 unspecified atom stereocenters. The number of nitriles is 1. The number of hydrogen-bond donors (Lipinski definition) is 0. The second-order valence-electron chi connectivity index (χ2n) is 4.05. The molecule has 0 N–H and O–H groups in total. The van der Waals surface area contributed by atoms with Gasteiger partial charge in [0.2, 0.25) is 0 Å². The third kappa shape index (κ3) is 2.48. The van der Waals surface area contributed by atoms with E-state index in [-0.39, 0.29) is 0 Å². The average Bonchev–Trinajstić information content (AvgIpc) is 2.65. The van der Waals surface area contributed by atoms with Crippen molar-refractivity contribution in [2.75, 3.05) is 26.3 Å². The van der Waals surface area contributed by atoms with Gasteiger partial charge < -0.3 is 9.30 Å². The molecule has 0 saturated carbocycles. The Balaban J connectivity index is 2.13. The van der Waals surface area contributed by atoms with Crippen LogP contribution in [0.2, 0.25) is 0 Å².